The van der Waals surface area contributed by atoms with E-state index in [4.69, 9.17) is 22.1 Å². The van der Waals surface area contributed by atoms with Crippen LogP contribution < -0.4 is 10.5 Å². The molecule has 0 heterocycles. The van der Waals surface area contributed by atoms with Crippen LogP contribution in [0.3, 0.4) is 0 Å². The van der Waals surface area contributed by atoms with Crippen molar-refractivity contribution in [2.24, 2.45) is 5.73 Å². The van der Waals surface area contributed by atoms with Gasteiger partial charge >= 0.3 is 0 Å². The molecule has 2 N–H and O–H groups in total. The highest BCUT2D eigenvalue weighted by Gasteiger charge is 2.15. The average Bonchev–Trinajstić information content (AvgIpc) is 2.39. The number of rotatable bonds is 4. The van der Waals surface area contributed by atoms with Gasteiger partial charge in [0.05, 0.1) is 7.11 Å². The first-order valence-corrected chi connectivity index (χ1v) is 6.32. The zero-order chi connectivity index (χ0) is 13.8. The molecule has 2 nitrogen and oxygen atoms in total. The predicted molar refractivity (Wildman–Crippen MR) is 75.0 cm³/mol. The summed E-state index contributed by atoms with van der Waals surface area (Å²) >= 11 is 5.92. The van der Waals surface area contributed by atoms with E-state index in [1.54, 1.807) is 24.3 Å². The first-order chi connectivity index (χ1) is 9.11. The number of halogens is 2. The van der Waals surface area contributed by atoms with Gasteiger partial charge in [-0.25, -0.2) is 4.39 Å². The van der Waals surface area contributed by atoms with Crippen LogP contribution in [0.4, 0.5) is 4.39 Å². The van der Waals surface area contributed by atoms with E-state index in [0.717, 1.165) is 5.56 Å². The normalized spacial score (nSPS) is 12.2. The van der Waals surface area contributed by atoms with Crippen molar-refractivity contribution in [3.63, 3.8) is 0 Å². The van der Waals surface area contributed by atoms with Crippen LogP contribution in [0.1, 0.15) is 17.2 Å². The Kier molecular flexibility index (Phi) is 4.40. The number of nitrogens with two attached hydrogens (primary N) is 1. The van der Waals surface area contributed by atoms with E-state index in [0.29, 0.717) is 17.0 Å². The first-order valence-electron chi connectivity index (χ1n) is 5.94. The lowest BCUT2D eigenvalue weighted by atomic mass is 9.99. The van der Waals surface area contributed by atoms with Crippen LogP contribution in [0.15, 0.2) is 42.5 Å². The number of ether oxygens (including phenoxy) is 1. The standard InChI is InChI=1S/C15H15ClFNO/c1-19-14-7-3-6-12(15(14)17)13(18)9-10-4-2-5-11(16)8-10/h2-8,13H,9,18H2,1H3. The fraction of sp³-hybridized carbons (Fsp3) is 0.200. The molecule has 0 spiro atoms. The number of hydrogen-bond acceptors (Lipinski definition) is 2. The molecule has 0 aliphatic heterocycles. The van der Waals surface area contributed by atoms with Crippen LogP contribution in [0, 0.1) is 5.82 Å². The fourth-order valence-electron chi connectivity index (χ4n) is 2.00. The van der Waals surface area contributed by atoms with E-state index in [-0.39, 0.29) is 5.75 Å². The molecule has 0 aromatic heterocycles. The molecule has 2 rings (SSSR count). The molecule has 19 heavy (non-hydrogen) atoms. The molecule has 0 saturated carbocycles. The monoisotopic (exact) mass is 279 g/mol. The van der Waals surface area contributed by atoms with Crippen molar-refractivity contribution in [3.8, 4) is 5.75 Å². The van der Waals surface area contributed by atoms with E-state index < -0.39 is 11.9 Å². The number of hydrogen-bond donors (Lipinski definition) is 1. The molecule has 0 amide bonds. The Balaban J connectivity index is 2.23. The van der Waals surface area contributed by atoms with Crippen molar-refractivity contribution in [2.75, 3.05) is 7.11 Å². The van der Waals surface area contributed by atoms with Gasteiger partial charge in [-0.1, -0.05) is 35.9 Å². The first kappa shape index (κ1) is 13.8. The van der Waals surface area contributed by atoms with Crippen LogP contribution in [-0.2, 0) is 6.42 Å². The Morgan fingerprint density at radius 3 is 2.68 bits per heavy atom. The van der Waals surface area contributed by atoms with Crippen LogP contribution in [0.2, 0.25) is 5.02 Å². The summed E-state index contributed by atoms with van der Waals surface area (Å²) in [7, 11) is 1.44. The van der Waals surface area contributed by atoms with Crippen molar-refractivity contribution >= 4 is 11.6 Å². The Morgan fingerprint density at radius 1 is 1.26 bits per heavy atom. The molecule has 0 radical (unpaired) electrons. The molecule has 0 fully saturated rings. The van der Waals surface area contributed by atoms with Crippen molar-refractivity contribution in [1.82, 2.24) is 0 Å². The summed E-state index contributed by atoms with van der Waals surface area (Å²) in [6, 6.07) is 11.9. The van der Waals surface area contributed by atoms with Crippen LogP contribution >= 0.6 is 11.6 Å². The second kappa shape index (κ2) is 6.04. The van der Waals surface area contributed by atoms with Crippen LogP contribution in [0.5, 0.6) is 5.75 Å². The molecular formula is C15H15ClFNO. The van der Waals surface area contributed by atoms with Gasteiger partial charge in [0.25, 0.3) is 0 Å². The molecule has 0 bridgehead atoms. The van der Waals surface area contributed by atoms with Crippen molar-refractivity contribution in [2.45, 2.75) is 12.5 Å². The van der Waals surface area contributed by atoms with Gasteiger partial charge in [-0.15, -0.1) is 0 Å². The highest BCUT2D eigenvalue weighted by atomic mass is 35.5. The molecule has 2 aromatic carbocycles. The van der Waals surface area contributed by atoms with Crippen LogP contribution in [-0.4, -0.2) is 7.11 Å². The van der Waals surface area contributed by atoms with Gasteiger partial charge in [0.2, 0.25) is 0 Å². The lowest BCUT2D eigenvalue weighted by molar-refractivity contribution is 0.382. The minimum atomic E-state index is -0.437. The van der Waals surface area contributed by atoms with Crippen LogP contribution in [0.25, 0.3) is 0 Å². The van der Waals surface area contributed by atoms with Gasteiger partial charge in [-0.3, -0.25) is 0 Å². The number of methoxy groups -OCH3 is 1. The second-order valence-electron chi connectivity index (χ2n) is 4.30. The summed E-state index contributed by atoms with van der Waals surface area (Å²) < 4.78 is 19.0. The smallest absolute Gasteiger partial charge is 0.169 e. The summed E-state index contributed by atoms with van der Waals surface area (Å²) in [6.07, 6.45) is 0.518. The van der Waals surface area contributed by atoms with Crippen molar-refractivity contribution in [1.29, 1.82) is 0 Å². The Labute approximate surface area is 117 Å². The quantitative estimate of drug-likeness (QED) is 0.925. The Hall–Kier alpha value is -1.58. The third kappa shape index (κ3) is 3.25. The summed E-state index contributed by atoms with van der Waals surface area (Å²) in [6.45, 7) is 0. The summed E-state index contributed by atoms with van der Waals surface area (Å²) in [5.74, 6) is -0.196. The van der Waals surface area contributed by atoms with Gasteiger partial charge < -0.3 is 10.5 Å². The summed E-state index contributed by atoms with van der Waals surface area (Å²) in [4.78, 5) is 0. The van der Waals surface area contributed by atoms with E-state index in [1.807, 2.05) is 18.2 Å². The molecule has 4 heteroatoms. The minimum absolute atomic E-state index is 0.207. The molecule has 1 unspecified atom stereocenters. The average molecular weight is 280 g/mol. The molecule has 100 valence electrons. The topological polar surface area (TPSA) is 35.2 Å². The van der Waals surface area contributed by atoms with Gasteiger partial charge in [-0.2, -0.15) is 0 Å². The van der Waals surface area contributed by atoms with Crippen molar-refractivity contribution in [3.05, 3.63) is 64.4 Å². The van der Waals surface area contributed by atoms with Gasteiger partial charge in [0.15, 0.2) is 11.6 Å². The highest BCUT2D eigenvalue weighted by molar-refractivity contribution is 6.30. The molecule has 2 aromatic rings. The molecule has 0 aliphatic rings. The minimum Gasteiger partial charge on any atom is -0.494 e. The summed E-state index contributed by atoms with van der Waals surface area (Å²) in [5.41, 5.74) is 7.48. The lowest BCUT2D eigenvalue weighted by Crippen LogP contribution is -2.15. The van der Waals surface area contributed by atoms with Gasteiger partial charge in [0, 0.05) is 16.6 Å². The molecule has 0 saturated heterocycles. The third-order valence-corrected chi connectivity index (χ3v) is 3.19. The van der Waals surface area contributed by atoms with E-state index in [2.05, 4.69) is 0 Å². The van der Waals surface area contributed by atoms with E-state index in [1.165, 1.54) is 7.11 Å². The highest BCUT2D eigenvalue weighted by Crippen LogP contribution is 2.26. The van der Waals surface area contributed by atoms with E-state index >= 15 is 0 Å². The molecule has 0 aliphatic carbocycles. The molecule has 1 atom stereocenters. The maximum absolute atomic E-state index is 14.1. The molecular weight excluding hydrogens is 265 g/mol. The van der Waals surface area contributed by atoms with Gasteiger partial charge in [-0.05, 0) is 30.2 Å². The zero-order valence-corrected chi connectivity index (χ0v) is 11.3. The largest absolute Gasteiger partial charge is 0.494 e. The maximum Gasteiger partial charge on any atom is 0.169 e. The van der Waals surface area contributed by atoms with Gasteiger partial charge in [0.1, 0.15) is 0 Å². The SMILES string of the molecule is COc1cccc(C(N)Cc2cccc(Cl)c2)c1F. The Morgan fingerprint density at radius 2 is 2.00 bits per heavy atom. The summed E-state index contributed by atoms with van der Waals surface area (Å²) in [5, 5.41) is 0.649. The third-order valence-electron chi connectivity index (χ3n) is 2.96. The Bertz CT molecular complexity index is 574. The van der Waals surface area contributed by atoms with Crippen molar-refractivity contribution < 1.29 is 9.13 Å². The fourth-order valence-corrected chi connectivity index (χ4v) is 2.21. The second-order valence-corrected chi connectivity index (χ2v) is 4.74. The lowest BCUT2D eigenvalue weighted by Gasteiger charge is -2.15. The van der Waals surface area contributed by atoms with E-state index in [9.17, 15) is 4.39 Å². The zero-order valence-electron chi connectivity index (χ0n) is 10.6. The predicted octanol–water partition coefficient (Wildman–Crippen LogP) is 3.73. The maximum atomic E-state index is 14.1. The number of benzene rings is 2.